The fourth-order valence-corrected chi connectivity index (χ4v) is 4.08. The summed E-state index contributed by atoms with van der Waals surface area (Å²) in [5.74, 6) is -0.471. The van der Waals surface area contributed by atoms with Gasteiger partial charge >= 0.3 is 5.97 Å². The molecule has 0 amide bonds. The molecule has 2 aromatic rings. The van der Waals surface area contributed by atoms with Crippen LogP contribution in [-0.4, -0.2) is 53.6 Å². The van der Waals surface area contributed by atoms with Crippen molar-refractivity contribution in [3.63, 3.8) is 0 Å². The zero-order valence-corrected chi connectivity index (χ0v) is 20.9. The molecule has 0 heterocycles. The number of ether oxygens (including phenoxy) is 1. The van der Waals surface area contributed by atoms with E-state index in [9.17, 15) is 25.1 Å². The molecule has 0 aromatic heterocycles. The van der Waals surface area contributed by atoms with Crippen LogP contribution in [0.15, 0.2) is 42.5 Å². The lowest BCUT2D eigenvalue weighted by Gasteiger charge is -2.27. The number of aliphatic hydroxyl groups is 2. The van der Waals surface area contributed by atoms with Gasteiger partial charge in [-0.25, -0.2) is 4.79 Å². The van der Waals surface area contributed by atoms with Crippen molar-refractivity contribution in [2.75, 3.05) is 26.7 Å². The number of esters is 1. The van der Waals surface area contributed by atoms with Crippen molar-refractivity contribution < 1.29 is 24.5 Å². The van der Waals surface area contributed by atoms with Crippen molar-refractivity contribution in [3.05, 3.63) is 70.3 Å². The number of benzene rings is 2. The minimum atomic E-state index is -1.49. The summed E-state index contributed by atoms with van der Waals surface area (Å²) in [5, 5.41) is 29.3. The molecule has 0 spiro atoms. The van der Waals surface area contributed by atoms with Crippen LogP contribution >= 0.6 is 0 Å². The highest BCUT2D eigenvalue weighted by Crippen LogP contribution is 2.32. The number of likely N-dealkylation sites (N-methyl/N-ethyl adjacent to an activating group) is 1. The van der Waals surface area contributed by atoms with E-state index in [4.69, 9.17) is 4.74 Å². The summed E-state index contributed by atoms with van der Waals surface area (Å²) in [6, 6.07) is 14.8. The number of ketones is 1. The van der Waals surface area contributed by atoms with Crippen molar-refractivity contribution in [2.45, 2.75) is 58.2 Å². The first-order valence-corrected chi connectivity index (χ1v) is 12.1. The van der Waals surface area contributed by atoms with Crippen LogP contribution in [0.2, 0.25) is 0 Å². The van der Waals surface area contributed by atoms with E-state index in [2.05, 4.69) is 11.0 Å². The van der Waals surface area contributed by atoms with Crippen LogP contribution in [0.1, 0.15) is 65.7 Å². The Morgan fingerprint density at radius 1 is 1.03 bits per heavy atom. The second-order valence-electron chi connectivity index (χ2n) is 8.67. The van der Waals surface area contributed by atoms with Gasteiger partial charge in [0.15, 0.2) is 11.2 Å². The standard InChI is InChI=1S/C28H36N2O5/c1-4-26(33)22-9-7-21(8-10-22)13-16-30(3)15-6-14-28(20-29,27(34)35-5-2)25-12-11-23(18-31)24(17-25)19-32/h7-12,17,31-32H,4-6,13-16,18-19H2,1-3H3. The maximum Gasteiger partial charge on any atom is 0.331 e. The molecule has 0 bridgehead atoms. The van der Waals surface area contributed by atoms with Crippen molar-refractivity contribution in [1.82, 2.24) is 4.90 Å². The number of carbonyl (C=O) groups is 2. The van der Waals surface area contributed by atoms with Gasteiger partial charge in [-0.3, -0.25) is 4.79 Å². The highest BCUT2D eigenvalue weighted by molar-refractivity contribution is 5.95. The molecule has 7 nitrogen and oxygen atoms in total. The Hall–Kier alpha value is -3.05. The predicted molar refractivity (Wildman–Crippen MR) is 134 cm³/mol. The fraction of sp³-hybridized carbons (Fsp3) is 0.464. The minimum absolute atomic E-state index is 0.133. The van der Waals surface area contributed by atoms with Gasteiger partial charge in [0.1, 0.15) is 0 Å². The lowest BCUT2D eigenvalue weighted by Crippen LogP contribution is -2.37. The van der Waals surface area contributed by atoms with Crippen LogP contribution in [0.4, 0.5) is 0 Å². The first-order chi connectivity index (χ1) is 16.8. The van der Waals surface area contributed by atoms with Gasteiger partial charge < -0.3 is 19.8 Å². The third kappa shape index (κ3) is 7.22. The van der Waals surface area contributed by atoms with Gasteiger partial charge in [-0.2, -0.15) is 5.26 Å². The lowest BCUT2D eigenvalue weighted by molar-refractivity contribution is -0.148. The highest BCUT2D eigenvalue weighted by Gasteiger charge is 2.42. The van der Waals surface area contributed by atoms with E-state index in [1.807, 2.05) is 38.2 Å². The fourth-order valence-electron chi connectivity index (χ4n) is 4.08. The van der Waals surface area contributed by atoms with E-state index < -0.39 is 11.4 Å². The number of Topliss-reactive ketones (excluding diaryl/α,β-unsaturated/α-hetero) is 1. The van der Waals surface area contributed by atoms with Crippen molar-refractivity contribution in [2.24, 2.45) is 0 Å². The summed E-state index contributed by atoms with van der Waals surface area (Å²) in [4.78, 5) is 26.9. The number of nitrogens with zero attached hydrogens (tertiary/aromatic N) is 2. The van der Waals surface area contributed by atoms with Gasteiger partial charge in [-0.15, -0.1) is 0 Å². The SMILES string of the molecule is CCOC(=O)C(C#N)(CCCN(C)CCc1ccc(C(=O)CC)cc1)c1ccc(CO)c(CO)c1. The first kappa shape index (κ1) is 28.2. The second-order valence-corrected chi connectivity index (χ2v) is 8.67. The molecule has 0 radical (unpaired) electrons. The Labute approximate surface area is 208 Å². The van der Waals surface area contributed by atoms with Gasteiger partial charge in [0, 0.05) is 18.5 Å². The van der Waals surface area contributed by atoms with Crippen LogP contribution in [-0.2, 0) is 34.6 Å². The zero-order valence-electron chi connectivity index (χ0n) is 20.9. The van der Waals surface area contributed by atoms with Crippen molar-refractivity contribution in [1.29, 1.82) is 5.26 Å². The zero-order chi connectivity index (χ0) is 25.8. The molecule has 0 aliphatic carbocycles. The summed E-state index contributed by atoms with van der Waals surface area (Å²) >= 11 is 0. The Bertz CT molecular complexity index is 1030. The minimum Gasteiger partial charge on any atom is -0.465 e. The largest absolute Gasteiger partial charge is 0.465 e. The number of nitriles is 1. The summed E-state index contributed by atoms with van der Waals surface area (Å²) in [7, 11) is 1.99. The maximum atomic E-state index is 12.9. The summed E-state index contributed by atoms with van der Waals surface area (Å²) in [5.41, 5.74) is 1.88. The molecule has 0 aliphatic heterocycles. The predicted octanol–water partition coefficient (Wildman–Crippen LogP) is 3.54. The van der Waals surface area contributed by atoms with E-state index in [1.165, 1.54) is 0 Å². The monoisotopic (exact) mass is 480 g/mol. The van der Waals surface area contributed by atoms with E-state index in [0.717, 1.165) is 24.1 Å². The lowest BCUT2D eigenvalue weighted by atomic mass is 9.77. The van der Waals surface area contributed by atoms with Crippen molar-refractivity contribution >= 4 is 11.8 Å². The van der Waals surface area contributed by atoms with Crippen LogP contribution in [0.5, 0.6) is 0 Å². The quantitative estimate of drug-likeness (QED) is 0.314. The summed E-state index contributed by atoms with van der Waals surface area (Å²) in [6.45, 7) is 4.64. The van der Waals surface area contributed by atoms with Gasteiger partial charge in [0.25, 0.3) is 0 Å². The van der Waals surface area contributed by atoms with Crippen LogP contribution in [0.3, 0.4) is 0 Å². The molecule has 2 aromatic carbocycles. The Morgan fingerprint density at radius 3 is 2.29 bits per heavy atom. The molecular weight excluding hydrogens is 444 g/mol. The molecule has 1 unspecified atom stereocenters. The second kappa shape index (κ2) is 13.7. The Balaban J connectivity index is 2.06. The summed E-state index contributed by atoms with van der Waals surface area (Å²) < 4.78 is 5.27. The van der Waals surface area contributed by atoms with E-state index >= 15 is 0 Å². The van der Waals surface area contributed by atoms with E-state index in [1.54, 1.807) is 25.1 Å². The van der Waals surface area contributed by atoms with Gasteiger partial charge in [0.2, 0.25) is 0 Å². The molecule has 2 N–H and O–H groups in total. The normalized spacial score (nSPS) is 12.7. The van der Waals surface area contributed by atoms with Gasteiger partial charge in [-0.1, -0.05) is 49.4 Å². The topological polar surface area (TPSA) is 111 Å². The molecule has 0 saturated carbocycles. The number of carbonyl (C=O) groups excluding carboxylic acids is 2. The van der Waals surface area contributed by atoms with Crippen LogP contribution in [0, 0.1) is 11.3 Å². The van der Waals surface area contributed by atoms with E-state index in [0.29, 0.717) is 36.1 Å². The molecule has 2 rings (SSSR count). The highest BCUT2D eigenvalue weighted by atomic mass is 16.5. The number of rotatable bonds is 14. The number of hydrogen-bond donors (Lipinski definition) is 2. The molecular formula is C28H36N2O5. The number of aliphatic hydroxyl groups excluding tert-OH is 2. The molecule has 0 aliphatic rings. The van der Waals surface area contributed by atoms with Crippen molar-refractivity contribution in [3.8, 4) is 6.07 Å². The molecule has 7 heteroatoms. The average Bonchev–Trinajstić information content (AvgIpc) is 2.89. The van der Waals surface area contributed by atoms with Gasteiger partial charge in [0.05, 0.1) is 25.9 Å². The Kier molecular flexibility index (Phi) is 11.1. The van der Waals surface area contributed by atoms with Crippen LogP contribution < -0.4 is 0 Å². The van der Waals surface area contributed by atoms with Gasteiger partial charge in [-0.05, 0) is 62.0 Å². The average molecular weight is 481 g/mol. The smallest absolute Gasteiger partial charge is 0.331 e. The first-order valence-electron chi connectivity index (χ1n) is 12.1. The molecule has 188 valence electrons. The third-order valence-electron chi connectivity index (χ3n) is 6.33. The molecule has 35 heavy (non-hydrogen) atoms. The maximum absolute atomic E-state index is 12.9. The molecule has 0 fully saturated rings. The third-order valence-corrected chi connectivity index (χ3v) is 6.33. The van der Waals surface area contributed by atoms with E-state index in [-0.39, 0.29) is 32.0 Å². The molecule has 1 atom stereocenters. The Morgan fingerprint density at radius 2 is 1.71 bits per heavy atom. The number of hydrogen-bond acceptors (Lipinski definition) is 7. The van der Waals surface area contributed by atoms with Crippen LogP contribution in [0.25, 0.3) is 0 Å². The molecule has 0 saturated heterocycles. The summed E-state index contributed by atoms with van der Waals surface area (Å²) in [6.07, 6.45) is 2.17.